The van der Waals surface area contributed by atoms with Crippen molar-refractivity contribution >= 4 is 6.03 Å². The Labute approximate surface area is 82.0 Å². The Kier molecular flexibility index (Phi) is 2.45. The lowest BCUT2D eigenvalue weighted by Crippen LogP contribution is -2.49. The Hall–Kier alpha value is -1.43. The van der Waals surface area contributed by atoms with Crippen LogP contribution in [0.15, 0.2) is 12.0 Å². The Morgan fingerprint density at radius 1 is 1.50 bits per heavy atom. The second kappa shape index (κ2) is 3.75. The molecule has 0 aromatic heterocycles. The van der Waals surface area contributed by atoms with E-state index in [1.54, 1.807) is 18.0 Å². The molecule has 0 saturated carbocycles. The van der Waals surface area contributed by atoms with Crippen molar-refractivity contribution in [3.63, 3.8) is 0 Å². The Balaban J connectivity index is 1.88. The molecule has 0 unspecified atom stereocenters. The van der Waals surface area contributed by atoms with Crippen LogP contribution in [0.1, 0.15) is 6.92 Å². The molecule has 6 heteroatoms. The van der Waals surface area contributed by atoms with Crippen LogP contribution in [-0.2, 0) is 9.57 Å². The average Bonchev–Trinajstić information content (AvgIpc) is 2.65. The van der Waals surface area contributed by atoms with E-state index in [0.717, 1.165) is 5.17 Å². The van der Waals surface area contributed by atoms with E-state index in [1.165, 1.54) is 0 Å². The number of ether oxygens (including phenoxy) is 1. The van der Waals surface area contributed by atoms with Gasteiger partial charge in [-0.2, -0.15) is 0 Å². The second-order valence-corrected chi connectivity index (χ2v) is 3.15. The molecular weight excluding hydrogens is 186 g/mol. The minimum atomic E-state index is -0.179. The lowest BCUT2D eigenvalue weighted by Gasteiger charge is -2.29. The van der Waals surface area contributed by atoms with Crippen molar-refractivity contribution in [3.8, 4) is 0 Å². The van der Waals surface area contributed by atoms with Gasteiger partial charge in [0.05, 0.1) is 19.4 Å². The van der Waals surface area contributed by atoms with E-state index in [2.05, 4.69) is 5.43 Å². The maximum absolute atomic E-state index is 11.7. The predicted octanol–water partition coefficient (Wildman–Crippen LogP) is 0.0517. The highest BCUT2D eigenvalue weighted by molar-refractivity contribution is 5.73. The van der Waals surface area contributed by atoms with Crippen LogP contribution < -0.4 is 5.43 Å². The summed E-state index contributed by atoms with van der Waals surface area (Å²) >= 11 is 0. The summed E-state index contributed by atoms with van der Waals surface area (Å²) < 4.78 is 5.15. The minimum absolute atomic E-state index is 0.179. The number of hydrogen-bond donors (Lipinski definition) is 1. The smallest absolute Gasteiger partial charge is 0.373 e. The Bertz CT molecular complexity index is 257. The van der Waals surface area contributed by atoms with Crippen molar-refractivity contribution in [2.75, 3.05) is 26.3 Å². The summed E-state index contributed by atoms with van der Waals surface area (Å²) in [4.78, 5) is 18.5. The molecule has 2 heterocycles. The van der Waals surface area contributed by atoms with Crippen LogP contribution >= 0.6 is 0 Å². The number of morpholine rings is 1. The third-order valence-electron chi connectivity index (χ3n) is 2.08. The van der Waals surface area contributed by atoms with Crippen LogP contribution in [0.2, 0.25) is 0 Å². The molecule has 0 bridgehead atoms. The van der Waals surface area contributed by atoms with Gasteiger partial charge in [-0.15, -0.1) is 0 Å². The van der Waals surface area contributed by atoms with E-state index in [-0.39, 0.29) is 6.03 Å². The number of urea groups is 1. The van der Waals surface area contributed by atoms with Gasteiger partial charge in [-0.3, -0.25) is 5.43 Å². The molecule has 1 saturated heterocycles. The van der Waals surface area contributed by atoms with Crippen molar-refractivity contribution < 1.29 is 14.4 Å². The minimum Gasteiger partial charge on any atom is -0.378 e. The first-order chi connectivity index (χ1) is 6.77. The van der Waals surface area contributed by atoms with Gasteiger partial charge in [0.25, 0.3) is 0 Å². The van der Waals surface area contributed by atoms with E-state index in [1.807, 2.05) is 0 Å². The fourth-order valence-corrected chi connectivity index (χ4v) is 1.32. The van der Waals surface area contributed by atoms with Crippen LogP contribution in [0.25, 0.3) is 0 Å². The zero-order valence-corrected chi connectivity index (χ0v) is 8.02. The molecule has 2 aliphatic rings. The average molecular weight is 199 g/mol. The number of nitrogens with one attached hydrogen (secondary N) is 1. The number of carbonyl (C=O) groups excluding carboxylic acids is 1. The number of hydroxylamine groups is 1. The van der Waals surface area contributed by atoms with Crippen molar-refractivity contribution in [2.24, 2.45) is 0 Å². The molecule has 0 aromatic carbocycles. The third-order valence-corrected chi connectivity index (χ3v) is 2.08. The molecule has 2 aliphatic heterocycles. The second-order valence-electron chi connectivity index (χ2n) is 3.15. The van der Waals surface area contributed by atoms with Gasteiger partial charge in [0.2, 0.25) is 0 Å². The summed E-state index contributed by atoms with van der Waals surface area (Å²) in [6.45, 7) is 4.18. The number of hydrogen-bond acceptors (Lipinski definition) is 4. The van der Waals surface area contributed by atoms with Crippen LogP contribution in [0.4, 0.5) is 4.79 Å². The topological polar surface area (TPSA) is 54.0 Å². The SMILES string of the molecule is CC1=CNN(C(=O)N2CCOCC2)O1. The predicted molar refractivity (Wildman–Crippen MR) is 47.6 cm³/mol. The fraction of sp³-hybridized carbons (Fsp3) is 0.625. The van der Waals surface area contributed by atoms with E-state index >= 15 is 0 Å². The van der Waals surface area contributed by atoms with Gasteiger partial charge in [0.15, 0.2) is 0 Å². The number of amides is 2. The van der Waals surface area contributed by atoms with Gasteiger partial charge in [0, 0.05) is 13.1 Å². The van der Waals surface area contributed by atoms with E-state index < -0.39 is 0 Å². The molecule has 2 amide bonds. The van der Waals surface area contributed by atoms with E-state index in [4.69, 9.17) is 9.57 Å². The van der Waals surface area contributed by atoms with Gasteiger partial charge in [-0.05, 0) is 6.92 Å². The lowest BCUT2D eigenvalue weighted by molar-refractivity contribution is -0.0953. The summed E-state index contributed by atoms with van der Waals surface area (Å²) in [5, 5.41) is 1.13. The molecule has 6 nitrogen and oxygen atoms in total. The molecule has 2 rings (SSSR count). The van der Waals surface area contributed by atoms with Crippen LogP contribution in [0, 0.1) is 0 Å². The summed E-state index contributed by atoms with van der Waals surface area (Å²) in [5.41, 5.74) is 2.72. The molecule has 0 radical (unpaired) electrons. The van der Waals surface area contributed by atoms with Crippen molar-refractivity contribution in [1.29, 1.82) is 0 Å². The molecule has 0 atom stereocenters. The highest BCUT2D eigenvalue weighted by Crippen LogP contribution is 2.09. The number of hydrazine groups is 1. The maximum Gasteiger partial charge on any atom is 0.373 e. The largest absolute Gasteiger partial charge is 0.378 e. The summed E-state index contributed by atoms with van der Waals surface area (Å²) in [6, 6.07) is -0.179. The number of carbonyl (C=O) groups is 1. The molecule has 1 fully saturated rings. The first kappa shape index (κ1) is 9.14. The highest BCUT2D eigenvalue weighted by Gasteiger charge is 2.26. The van der Waals surface area contributed by atoms with Crippen molar-refractivity contribution in [1.82, 2.24) is 15.5 Å². The molecule has 14 heavy (non-hydrogen) atoms. The first-order valence-corrected chi connectivity index (χ1v) is 4.55. The quantitative estimate of drug-likeness (QED) is 0.599. The molecule has 0 spiro atoms. The number of nitrogens with zero attached hydrogens (tertiary/aromatic N) is 2. The molecular formula is C8H13N3O3. The third kappa shape index (κ3) is 1.74. The summed E-state index contributed by atoms with van der Waals surface area (Å²) in [7, 11) is 0. The first-order valence-electron chi connectivity index (χ1n) is 4.55. The fourth-order valence-electron chi connectivity index (χ4n) is 1.32. The van der Waals surface area contributed by atoms with Gasteiger partial charge in [-0.25, -0.2) is 4.79 Å². The normalized spacial score (nSPS) is 21.4. The molecule has 0 aromatic rings. The van der Waals surface area contributed by atoms with Gasteiger partial charge < -0.3 is 14.5 Å². The standard InChI is InChI=1S/C8H13N3O3/c1-7-6-9-11(14-7)8(12)10-2-4-13-5-3-10/h6,9H,2-5H2,1H3. The monoisotopic (exact) mass is 199 g/mol. The number of allylic oxidation sites excluding steroid dienone is 1. The summed E-state index contributed by atoms with van der Waals surface area (Å²) in [5.74, 6) is 0.673. The zero-order chi connectivity index (χ0) is 9.97. The van der Waals surface area contributed by atoms with Crippen LogP contribution in [0.5, 0.6) is 0 Å². The molecule has 78 valence electrons. The van der Waals surface area contributed by atoms with Crippen molar-refractivity contribution in [2.45, 2.75) is 6.92 Å². The van der Waals surface area contributed by atoms with Gasteiger partial charge in [0.1, 0.15) is 5.76 Å². The van der Waals surface area contributed by atoms with Gasteiger partial charge in [-0.1, -0.05) is 5.17 Å². The molecule has 1 N–H and O–H groups in total. The van der Waals surface area contributed by atoms with E-state index in [9.17, 15) is 4.79 Å². The van der Waals surface area contributed by atoms with E-state index in [0.29, 0.717) is 32.1 Å². The Morgan fingerprint density at radius 3 is 2.79 bits per heavy atom. The van der Waals surface area contributed by atoms with Crippen molar-refractivity contribution in [3.05, 3.63) is 12.0 Å². The van der Waals surface area contributed by atoms with Gasteiger partial charge >= 0.3 is 6.03 Å². The zero-order valence-electron chi connectivity index (χ0n) is 8.02. The number of rotatable bonds is 0. The van der Waals surface area contributed by atoms with Crippen LogP contribution in [0.3, 0.4) is 0 Å². The highest BCUT2D eigenvalue weighted by atomic mass is 16.7. The lowest BCUT2D eigenvalue weighted by atomic mass is 10.4. The summed E-state index contributed by atoms with van der Waals surface area (Å²) in [6.07, 6.45) is 1.64. The van der Waals surface area contributed by atoms with Crippen LogP contribution in [-0.4, -0.2) is 42.4 Å². The Morgan fingerprint density at radius 2 is 2.21 bits per heavy atom. The maximum atomic E-state index is 11.7. The molecule has 0 aliphatic carbocycles.